The fourth-order valence-corrected chi connectivity index (χ4v) is 3.54. The summed E-state index contributed by atoms with van der Waals surface area (Å²) in [6.45, 7) is 4.99. The minimum Gasteiger partial charge on any atom is -0.376 e. The van der Waals surface area contributed by atoms with Crippen LogP contribution in [0.1, 0.15) is 18.9 Å². The van der Waals surface area contributed by atoms with Crippen LogP contribution in [0.15, 0.2) is 101 Å². The first-order valence-corrected chi connectivity index (χ1v) is 12.0. The van der Waals surface area contributed by atoms with E-state index in [2.05, 4.69) is 48.5 Å². The van der Waals surface area contributed by atoms with Crippen molar-refractivity contribution in [3.05, 3.63) is 96.6 Å². The van der Waals surface area contributed by atoms with E-state index in [0.717, 1.165) is 26.4 Å². The molecule has 5 rings (SSSR count). The molecule has 0 spiro atoms. The van der Waals surface area contributed by atoms with Gasteiger partial charge in [0.25, 0.3) is 0 Å². The number of rotatable bonds is 8. The summed E-state index contributed by atoms with van der Waals surface area (Å²) in [6, 6.07) is 29.6. The lowest BCUT2D eigenvalue weighted by Gasteiger charge is -2.19. The van der Waals surface area contributed by atoms with E-state index in [0.29, 0.717) is 24.2 Å². The Kier molecular flexibility index (Phi) is 10.4. The molecule has 3 aromatic rings. The molecule has 33 heavy (non-hydrogen) atoms. The molecule has 0 aliphatic carbocycles. The molecule has 2 aliphatic heterocycles. The summed E-state index contributed by atoms with van der Waals surface area (Å²) in [7, 11) is 0. The van der Waals surface area contributed by atoms with Gasteiger partial charge in [-0.3, -0.25) is 0 Å². The highest BCUT2D eigenvalue weighted by Crippen LogP contribution is 2.26. The molecule has 0 radical (unpaired) electrons. The second-order valence-electron chi connectivity index (χ2n) is 7.71. The Hall–Kier alpha value is -2.19. The van der Waals surface area contributed by atoms with Crippen LogP contribution >= 0.6 is 11.8 Å². The third kappa shape index (κ3) is 10.5. The summed E-state index contributed by atoms with van der Waals surface area (Å²) >= 11 is 1.79. The molecule has 2 heterocycles. The van der Waals surface area contributed by atoms with Crippen LogP contribution in [0.2, 0.25) is 0 Å². The number of epoxide rings is 2. The molecule has 2 aliphatic rings. The van der Waals surface area contributed by atoms with E-state index >= 15 is 0 Å². The van der Waals surface area contributed by atoms with Crippen LogP contribution in [-0.2, 0) is 20.0 Å². The van der Waals surface area contributed by atoms with Crippen molar-refractivity contribution in [3.63, 3.8) is 0 Å². The van der Waals surface area contributed by atoms with Crippen molar-refractivity contribution in [2.75, 3.05) is 26.4 Å². The van der Waals surface area contributed by atoms with E-state index in [-0.39, 0.29) is 0 Å². The Balaban J connectivity index is 0.000000141. The van der Waals surface area contributed by atoms with Crippen molar-refractivity contribution in [1.82, 2.24) is 0 Å². The quantitative estimate of drug-likeness (QED) is 0.363. The van der Waals surface area contributed by atoms with Crippen molar-refractivity contribution in [2.24, 2.45) is 0 Å². The number of hydrogen-bond donors (Lipinski definition) is 2. The molecular formula is C27H32O5S. The Labute approximate surface area is 200 Å². The normalized spacial score (nSPS) is 18.3. The molecule has 176 valence electrons. The van der Waals surface area contributed by atoms with Gasteiger partial charge in [0.1, 0.15) is 12.2 Å². The van der Waals surface area contributed by atoms with Crippen LogP contribution < -0.4 is 0 Å². The van der Waals surface area contributed by atoms with Gasteiger partial charge in [0.15, 0.2) is 5.79 Å². The molecule has 0 aromatic heterocycles. The number of aliphatic hydroxyl groups is 2. The number of hydrogen-bond acceptors (Lipinski definition) is 6. The summed E-state index contributed by atoms with van der Waals surface area (Å²) < 4.78 is 15.1. The predicted molar refractivity (Wildman–Crippen MR) is 130 cm³/mol. The van der Waals surface area contributed by atoms with Gasteiger partial charge in [0.2, 0.25) is 0 Å². The average Bonchev–Trinajstić information content (AvgIpc) is 3.79. The first-order valence-electron chi connectivity index (χ1n) is 11.2. The summed E-state index contributed by atoms with van der Waals surface area (Å²) in [5, 5.41) is 18.7. The Bertz CT molecular complexity index is 848. The lowest BCUT2D eigenvalue weighted by molar-refractivity contribution is -0.171. The highest BCUT2D eigenvalue weighted by molar-refractivity contribution is 7.99. The first-order chi connectivity index (χ1) is 16.1. The van der Waals surface area contributed by atoms with E-state index in [1.807, 2.05) is 18.2 Å². The van der Waals surface area contributed by atoms with E-state index in [1.54, 1.807) is 43.0 Å². The van der Waals surface area contributed by atoms with Crippen molar-refractivity contribution < 1.29 is 24.4 Å². The van der Waals surface area contributed by atoms with Crippen molar-refractivity contribution >= 4 is 11.8 Å². The molecule has 0 bridgehead atoms. The molecule has 0 amide bonds. The Morgan fingerprint density at radius 3 is 1.52 bits per heavy atom. The zero-order valence-electron chi connectivity index (χ0n) is 18.9. The lowest BCUT2D eigenvalue weighted by Crippen LogP contribution is -2.23. The molecule has 0 saturated carbocycles. The van der Waals surface area contributed by atoms with E-state index < -0.39 is 5.79 Å². The van der Waals surface area contributed by atoms with Crippen LogP contribution in [0, 0.1) is 0 Å². The van der Waals surface area contributed by atoms with Gasteiger partial charge >= 0.3 is 0 Å². The SMILES string of the molecule is C(OCC1CO1)C1CO1.CCC(O)(O)c1ccccc1.c1ccc(Sc2ccccc2)cc1. The fourth-order valence-electron chi connectivity index (χ4n) is 2.68. The van der Waals surface area contributed by atoms with Crippen LogP contribution in [0.3, 0.4) is 0 Å². The van der Waals surface area contributed by atoms with Gasteiger partial charge < -0.3 is 24.4 Å². The third-order valence-electron chi connectivity index (χ3n) is 4.86. The zero-order chi connectivity index (χ0) is 23.4. The van der Waals surface area contributed by atoms with E-state index in [4.69, 9.17) is 14.2 Å². The van der Waals surface area contributed by atoms with Gasteiger partial charge in [-0.05, 0) is 24.3 Å². The molecule has 2 fully saturated rings. The van der Waals surface area contributed by atoms with E-state index in [1.165, 1.54) is 9.79 Å². The smallest absolute Gasteiger partial charge is 0.189 e. The van der Waals surface area contributed by atoms with Gasteiger partial charge in [-0.2, -0.15) is 0 Å². The third-order valence-corrected chi connectivity index (χ3v) is 5.88. The van der Waals surface area contributed by atoms with Crippen molar-refractivity contribution in [1.29, 1.82) is 0 Å². The van der Waals surface area contributed by atoms with Crippen LogP contribution in [0.5, 0.6) is 0 Å². The summed E-state index contributed by atoms with van der Waals surface area (Å²) in [5.74, 6) is -1.67. The number of ether oxygens (including phenoxy) is 3. The minimum absolute atomic E-state index is 0.303. The minimum atomic E-state index is -1.67. The Morgan fingerprint density at radius 1 is 0.758 bits per heavy atom. The molecule has 5 nitrogen and oxygen atoms in total. The topological polar surface area (TPSA) is 74.8 Å². The lowest BCUT2D eigenvalue weighted by atomic mass is 10.0. The van der Waals surface area contributed by atoms with Gasteiger partial charge in [-0.1, -0.05) is 85.4 Å². The molecule has 6 heteroatoms. The molecule has 2 atom stereocenters. The fraction of sp³-hybridized carbons (Fsp3) is 0.333. The zero-order valence-corrected chi connectivity index (χ0v) is 19.7. The molecule has 2 N–H and O–H groups in total. The predicted octanol–water partition coefficient (Wildman–Crippen LogP) is 4.87. The standard InChI is InChI=1S/C12H10S.C9H12O2.C6H10O3/c1-3-7-11(8-4-1)13-12-9-5-2-6-10-12;1-2-9(10,11)8-6-4-3-5-7-8;1(5-3-8-5)7-2-6-4-9-6/h1-10H;3-7,10-11H,2H2,1H3;5-6H,1-4H2. The average molecular weight is 469 g/mol. The van der Waals surface area contributed by atoms with Crippen LogP contribution in [-0.4, -0.2) is 48.8 Å². The Morgan fingerprint density at radius 2 is 1.15 bits per heavy atom. The highest BCUT2D eigenvalue weighted by atomic mass is 32.2. The summed E-state index contributed by atoms with van der Waals surface area (Å²) in [6.07, 6.45) is 1.09. The molecule has 2 unspecified atom stereocenters. The van der Waals surface area contributed by atoms with Gasteiger partial charge in [0.05, 0.1) is 26.4 Å². The largest absolute Gasteiger partial charge is 0.376 e. The second kappa shape index (κ2) is 13.5. The van der Waals surface area contributed by atoms with Crippen molar-refractivity contribution in [3.8, 4) is 0 Å². The monoisotopic (exact) mass is 468 g/mol. The molecule has 2 saturated heterocycles. The van der Waals surface area contributed by atoms with Gasteiger partial charge in [-0.15, -0.1) is 0 Å². The first kappa shape index (κ1) is 25.4. The van der Waals surface area contributed by atoms with Crippen LogP contribution in [0.4, 0.5) is 0 Å². The maximum atomic E-state index is 9.35. The second-order valence-corrected chi connectivity index (χ2v) is 8.86. The summed E-state index contributed by atoms with van der Waals surface area (Å²) in [5.41, 5.74) is 0.544. The van der Waals surface area contributed by atoms with Crippen LogP contribution in [0.25, 0.3) is 0 Å². The molecule has 3 aromatic carbocycles. The van der Waals surface area contributed by atoms with Gasteiger partial charge in [-0.25, -0.2) is 0 Å². The number of benzene rings is 3. The highest BCUT2D eigenvalue weighted by Gasteiger charge is 2.26. The van der Waals surface area contributed by atoms with Gasteiger partial charge in [0, 0.05) is 21.8 Å². The van der Waals surface area contributed by atoms with E-state index in [9.17, 15) is 10.2 Å². The molecular weight excluding hydrogens is 436 g/mol. The maximum Gasteiger partial charge on any atom is 0.189 e. The maximum absolute atomic E-state index is 9.35. The summed E-state index contributed by atoms with van der Waals surface area (Å²) in [4.78, 5) is 2.57. The van der Waals surface area contributed by atoms with Crippen molar-refractivity contribution in [2.45, 2.75) is 41.1 Å².